The average Bonchev–Trinajstić information content (AvgIpc) is 3.55. The van der Waals surface area contributed by atoms with E-state index in [0.717, 1.165) is 24.6 Å². The number of thioether (sulfide) groups is 1. The summed E-state index contributed by atoms with van der Waals surface area (Å²) in [5.74, 6) is 0.316. The number of carbonyl (C=O) groups excluding carboxylic acids is 2. The SMILES string of the molecule is O=C(CSc1nnc(-c2ccc(F)cc2)n1C[C@H]1CCCO1)NC(=O)NCc1ccco1. The molecule has 4 rings (SSSR count). The highest BCUT2D eigenvalue weighted by molar-refractivity contribution is 7.99. The second-order valence-corrected chi connectivity index (χ2v) is 8.10. The Morgan fingerprint density at radius 2 is 2.06 bits per heavy atom. The molecule has 1 aromatic carbocycles. The minimum atomic E-state index is -0.611. The van der Waals surface area contributed by atoms with Gasteiger partial charge in [0, 0.05) is 12.2 Å². The number of amides is 3. The van der Waals surface area contributed by atoms with Crippen LogP contribution in [0.4, 0.5) is 9.18 Å². The minimum Gasteiger partial charge on any atom is -0.467 e. The summed E-state index contributed by atoms with van der Waals surface area (Å²) in [6.45, 7) is 1.40. The molecule has 1 aliphatic heterocycles. The maximum Gasteiger partial charge on any atom is 0.321 e. The second-order valence-electron chi connectivity index (χ2n) is 7.16. The van der Waals surface area contributed by atoms with Crippen molar-refractivity contribution >= 4 is 23.7 Å². The van der Waals surface area contributed by atoms with Crippen LogP contribution in [0.25, 0.3) is 11.4 Å². The average molecular weight is 460 g/mol. The predicted octanol–water partition coefficient (Wildman–Crippen LogP) is 2.97. The van der Waals surface area contributed by atoms with E-state index in [2.05, 4.69) is 20.8 Å². The van der Waals surface area contributed by atoms with Gasteiger partial charge in [-0.05, 0) is 49.2 Å². The lowest BCUT2D eigenvalue weighted by Gasteiger charge is -2.14. The fourth-order valence-electron chi connectivity index (χ4n) is 3.28. The smallest absolute Gasteiger partial charge is 0.321 e. The summed E-state index contributed by atoms with van der Waals surface area (Å²) in [5.41, 5.74) is 0.713. The van der Waals surface area contributed by atoms with Gasteiger partial charge in [0.25, 0.3) is 0 Å². The quantitative estimate of drug-likeness (QED) is 0.498. The van der Waals surface area contributed by atoms with Gasteiger partial charge in [0.1, 0.15) is 11.6 Å². The van der Waals surface area contributed by atoms with Crippen LogP contribution < -0.4 is 10.6 Å². The van der Waals surface area contributed by atoms with E-state index in [9.17, 15) is 14.0 Å². The number of nitrogens with zero attached hydrogens (tertiary/aromatic N) is 3. The molecule has 0 unspecified atom stereocenters. The maximum atomic E-state index is 13.3. The first-order valence-electron chi connectivity index (χ1n) is 10.1. The van der Waals surface area contributed by atoms with Crippen LogP contribution in [0.5, 0.6) is 0 Å². The van der Waals surface area contributed by atoms with E-state index in [1.54, 1.807) is 24.3 Å². The monoisotopic (exact) mass is 459 g/mol. The van der Waals surface area contributed by atoms with Gasteiger partial charge in [-0.25, -0.2) is 9.18 Å². The van der Waals surface area contributed by atoms with Crippen molar-refractivity contribution in [3.63, 3.8) is 0 Å². The summed E-state index contributed by atoms with van der Waals surface area (Å²) >= 11 is 1.16. The molecule has 1 atom stereocenters. The summed E-state index contributed by atoms with van der Waals surface area (Å²) in [5, 5.41) is 13.8. The van der Waals surface area contributed by atoms with Crippen molar-refractivity contribution in [3.05, 3.63) is 54.2 Å². The van der Waals surface area contributed by atoms with Gasteiger partial charge in [-0.1, -0.05) is 11.8 Å². The summed E-state index contributed by atoms with van der Waals surface area (Å²) in [6.07, 6.45) is 3.42. The van der Waals surface area contributed by atoms with E-state index in [1.165, 1.54) is 18.4 Å². The highest BCUT2D eigenvalue weighted by Crippen LogP contribution is 2.26. The summed E-state index contributed by atoms with van der Waals surface area (Å²) in [6, 6.07) is 8.82. The molecule has 2 N–H and O–H groups in total. The Balaban J connectivity index is 1.39. The molecule has 11 heteroatoms. The zero-order valence-corrected chi connectivity index (χ0v) is 17.9. The first kappa shape index (κ1) is 22.0. The predicted molar refractivity (Wildman–Crippen MR) is 114 cm³/mol. The van der Waals surface area contributed by atoms with Crippen molar-refractivity contribution in [1.82, 2.24) is 25.4 Å². The molecule has 1 aliphatic rings. The lowest BCUT2D eigenvalue weighted by molar-refractivity contribution is -0.117. The van der Waals surface area contributed by atoms with Gasteiger partial charge in [-0.15, -0.1) is 10.2 Å². The molecule has 32 heavy (non-hydrogen) atoms. The Morgan fingerprint density at radius 3 is 2.78 bits per heavy atom. The number of nitrogens with one attached hydrogen (secondary N) is 2. The molecule has 2 aromatic heterocycles. The number of rotatable bonds is 8. The molecule has 0 bridgehead atoms. The Bertz CT molecular complexity index is 1050. The molecule has 0 radical (unpaired) electrons. The summed E-state index contributed by atoms with van der Waals surface area (Å²) in [7, 11) is 0. The zero-order valence-electron chi connectivity index (χ0n) is 17.1. The summed E-state index contributed by atoms with van der Waals surface area (Å²) < 4.78 is 26.1. The van der Waals surface area contributed by atoms with Crippen molar-refractivity contribution in [2.24, 2.45) is 0 Å². The van der Waals surface area contributed by atoms with Crippen molar-refractivity contribution in [1.29, 1.82) is 0 Å². The fraction of sp³-hybridized carbons (Fsp3) is 0.333. The van der Waals surface area contributed by atoms with Gasteiger partial charge in [0.15, 0.2) is 11.0 Å². The number of halogens is 1. The largest absolute Gasteiger partial charge is 0.467 e. The van der Waals surface area contributed by atoms with Crippen LogP contribution in [0, 0.1) is 5.82 Å². The number of imide groups is 1. The van der Waals surface area contributed by atoms with E-state index < -0.39 is 11.9 Å². The number of hydrogen-bond acceptors (Lipinski definition) is 7. The van der Waals surface area contributed by atoms with E-state index in [1.807, 2.05) is 4.57 Å². The van der Waals surface area contributed by atoms with Crippen LogP contribution in [0.2, 0.25) is 0 Å². The third-order valence-electron chi connectivity index (χ3n) is 4.82. The van der Waals surface area contributed by atoms with Gasteiger partial charge < -0.3 is 14.5 Å². The number of aromatic nitrogens is 3. The molecule has 0 saturated carbocycles. The number of ether oxygens (including phenoxy) is 1. The molecule has 0 aliphatic carbocycles. The molecule has 1 fully saturated rings. The third kappa shape index (κ3) is 5.74. The third-order valence-corrected chi connectivity index (χ3v) is 5.78. The first-order chi connectivity index (χ1) is 15.6. The van der Waals surface area contributed by atoms with Crippen molar-refractivity contribution in [3.8, 4) is 11.4 Å². The highest BCUT2D eigenvalue weighted by Gasteiger charge is 2.22. The fourth-order valence-corrected chi connectivity index (χ4v) is 4.03. The Labute approximate surface area is 187 Å². The van der Waals surface area contributed by atoms with Crippen molar-refractivity contribution in [2.75, 3.05) is 12.4 Å². The second kappa shape index (κ2) is 10.4. The number of hydrogen-bond donors (Lipinski definition) is 2. The number of carbonyl (C=O) groups is 2. The molecule has 3 heterocycles. The van der Waals surface area contributed by atoms with E-state index >= 15 is 0 Å². The molecule has 1 saturated heterocycles. The molecule has 0 spiro atoms. The molecule has 3 aromatic rings. The molecule has 168 valence electrons. The van der Waals surface area contributed by atoms with Crippen LogP contribution in [-0.2, 0) is 22.6 Å². The zero-order chi connectivity index (χ0) is 22.3. The van der Waals surface area contributed by atoms with Crippen LogP contribution in [0.3, 0.4) is 0 Å². The minimum absolute atomic E-state index is 0.0192. The highest BCUT2D eigenvalue weighted by atomic mass is 32.2. The first-order valence-corrected chi connectivity index (χ1v) is 11.1. The standard InChI is InChI=1S/C21H22FN5O4S/c22-15-7-5-14(6-8-15)19-25-26-21(27(19)12-17-4-2-10-31-17)32-13-18(28)24-20(29)23-11-16-3-1-9-30-16/h1,3,5-9,17H,2,4,10-13H2,(H2,23,24,28,29)/t17-/m1/s1. The summed E-state index contributed by atoms with van der Waals surface area (Å²) in [4.78, 5) is 24.1. The van der Waals surface area contributed by atoms with Gasteiger partial charge in [-0.3, -0.25) is 14.7 Å². The molecular weight excluding hydrogens is 437 g/mol. The van der Waals surface area contributed by atoms with E-state index in [-0.39, 0.29) is 24.2 Å². The maximum absolute atomic E-state index is 13.3. The Morgan fingerprint density at radius 1 is 1.22 bits per heavy atom. The van der Waals surface area contributed by atoms with Crippen molar-refractivity contribution in [2.45, 2.75) is 37.2 Å². The van der Waals surface area contributed by atoms with Crippen LogP contribution in [0.15, 0.2) is 52.2 Å². The van der Waals surface area contributed by atoms with Crippen molar-refractivity contribution < 1.29 is 23.1 Å². The number of furan rings is 1. The Kier molecular flexibility index (Phi) is 7.17. The van der Waals surface area contributed by atoms with E-state index in [4.69, 9.17) is 9.15 Å². The van der Waals surface area contributed by atoms with Crippen LogP contribution >= 0.6 is 11.8 Å². The van der Waals surface area contributed by atoms with Crippen LogP contribution in [0.1, 0.15) is 18.6 Å². The van der Waals surface area contributed by atoms with Gasteiger partial charge in [-0.2, -0.15) is 0 Å². The van der Waals surface area contributed by atoms with Gasteiger partial charge in [0.2, 0.25) is 5.91 Å². The molecule has 9 nitrogen and oxygen atoms in total. The topological polar surface area (TPSA) is 111 Å². The Hall–Kier alpha value is -3.18. The van der Waals surface area contributed by atoms with E-state index in [0.29, 0.717) is 35.5 Å². The van der Waals surface area contributed by atoms with Crippen LogP contribution in [-0.4, -0.2) is 45.2 Å². The van der Waals surface area contributed by atoms with Gasteiger partial charge in [0.05, 0.1) is 31.2 Å². The van der Waals surface area contributed by atoms with Gasteiger partial charge >= 0.3 is 6.03 Å². The molecule has 3 amide bonds. The lowest BCUT2D eigenvalue weighted by atomic mass is 10.2. The molecular formula is C21H22FN5O4S. The lowest BCUT2D eigenvalue weighted by Crippen LogP contribution is -2.39. The normalized spacial score (nSPS) is 15.6. The number of benzene rings is 1. The number of urea groups is 1.